The maximum atomic E-state index is 12.0. The van der Waals surface area contributed by atoms with Crippen LogP contribution < -0.4 is 5.32 Å². The number of rotatable bonds is 7. The number of aliphatic hydroxyl groups is 1. The van der Waals surface area contributed by atoms with Crippen molar-refractivity contribution in [3.63, 3.8) is 0 Å². The highest BCUT2D eigenvalue weighted by Crippen LogP contribution is 2.23. The van der Waals surface area contributed by atoms with E-state index in [9.17, 15) is 9.90 Å². The molecule has 1 aliphatic carbocycles. The molecule has 5 heteroatoms. The lowest BCUT2D eigenvalue weighted by atomic mass is 10.2. The number of anilines is 1. The number of carbonyl (C=O) groups is 1. The Morgan fingerprint density at radius 1 is 1.33 bits per heavy atom. The quantitative estimate of drug-likeness (QED) is 0.814. The maximum absolute atomic E-state index is 12.0. The highest BCUT2D eigenvalue weighted by Gasteiger charge is 2.22. The van der Waals surface area contributed by atoms with Crippen LogP contribution in [0.3, 0.4) is 0 Å². The average molecular weight is 311 g/mol. The molecule has 0 heterocycles. The molecule has 2 rings (SSSR count). The second-order valence-electron chi connectivity index (χ2n) is 5.51. The highest BCUT2D eigenvalue weighted by atomic mass is 35.5. The smallest absolute Gasteiger partial charge is 0.225 e. The molecule has 4 nitrogen and oxygen atoms in total. The average Bonchev–Trinajstić information content (AvgIpc) is 2.97. The van der Waals surface area contributed by atoms with E-state index in [4.69, 9.17) is 11.6 Å². The summed E-state index contributed by atoms with van der Waals surface area (Å²) in [6.45, 7) is 1.49. The molecule has 1 amide bonds. The number of benzene rings is 1. The van der Waals surface area contributed by atoms with Gasteiger partial charge in [-0.3, -0.25) is 9.69 Å². The van der Waals surface area contributed by atoms with Crippen LogP contribution in [0.2, 0.25) is 5.02 Å². The molecule has 1 fully saturated rings. The maximum Gasteiger partial charge on any atom is 0.225 e. The van der Waals surface area contributed by atoms with E-state index in [1.54, 1.807) is 12.1 Å². The van der Waals surface area contributed by atoms with Crippen LogP contribution in [-0.2, 0) is 4.79 Å². The topological polar surface area (TPSA) is 52.6 Å². The summed E-state index contributed by atoms with van der Waals surface area (Å²) in [5.41, 5.74) is 0.724. The van der Waals surface area contributed by atoms with Crippen molar-refractivity contribution >= 4 is 23.2 Å². The predicted octanol–water partition coefficient (Wildman–Crippen LogP) is 2.91. The Morgan fingerprint density at radius 2 is 2.10 bits per heavy atom. The van der Waals surface area contributed by atoms with Crippen molar-refractivity contribution in [2.24, 2.45) is 0 Å². The molecular formula is C16H23ClN2O2. The van der Waals surface area contributed by atoms with Crippen molar-refractivity contribution in [1.29, 1.82) is 0 Å². The van der Waals surface area contributed by atoms with Crippen LogP contribution in [0.1, 0.15) is 32.1 Å². The van der Waals surface area contributed by atoms with Gasteiger partial charge in [0.15, 0.2) is 0 Å². The van der Waals surface area contributed by atoms with Crippen LogP contribution in [0.5, 0.6) is 0 Å². The third kappa shape index (κ3) is 5.30. The minimum atomic E-state index is -0.0156. The molecule has 1 aliphatic rings. The van der Waals surface area contributed by atoms with Gasteiger partial charge in [-0.2, -0.15) is 0 Å². The molecule has 1 aromatic rings. The van der Waals surface area contributed by atoms with Crippen LogP contribution in [0.15, 0.2) is 24.3 Å². The van der Waals surface area contributed by atoms with Crippen molar-refractivity contribution in [2.75, 3.05) is 25.0 Å². The molecular weight excluding hydrogens is 288 g/mol. The molecule has 1 saturated carbocycles. The first-order valence-electron chi connectivity index (χ1n) is 7.59. The highest BCUT2D eigenvalue weighted by molar-refractivity contribution is 6.30. The molecule has 0 unspecified atom stereocenters. The van der Waals surface area contributed by atoms with Gasteiger partial charge in [0.25, 0.3) is 0 Å². The predicted molar refractivity (Wildman–Crippen MR) is 85.6 cm³/mol. The van der Waals surface area contributed by atoms with Crippen molar-refractivity contribution in [3.05, 3.63) is 29.3 Å². The summed E-state index contributed by atoms with van der Waals surface area (Å²) in [7, 11) is 0. The molecule has 116 valence electrons. The molecule has 0 aromatic heterocycles. The second-order valence-corrected chi connectivity index (χ2v) is 5.94. The second kappa shape index (κ2) is 8.37. The SMILES string of the molecule is O=C(CCN(CCO)C1CCCC1)Nc1cccc(Cl)c1. The van der Waals surface area contributed by atoms with Gasteiger partial charge in [0, 0.05) is 36.3 Å². The van der Waals surface area contributed by atoms with Crippen molar-refractivity contribution in [2.45, 2.75) is 38.1 Å². The van der Waals surface area contributed by atoms with Crippen LogP contribution in [0, 0.1) is 0 Å². The molecule has 0 radical (unpaired) electrons. The minimum absolute atomic E-state index is 0.0156. The van der Waals surface area contributed by atoms with E-state index < -0.39 is 0 Å². The number of nitrogens with zero attached hydrogens (tertiary/aromatic N) is 1. The molecule has 0 spiro atoms. The third-order valence-electron chi connectivity index (χ3n) is 3.96. The summed E-state index contributed by atoms with van der Waals surface area (Å²) in [4.78, 5) is 14.2. The first-order chi connectivity index (χ1) is 10.2. The molecule has 0 bridgehead atoms. The van der Waals surface area contributed by atoms with E-state index in [-0.39, 0.29) is 12.5 Å². The number of hydrogen-bond donors (Lipinski definition) is 2. The van der Waals surface area contributed by atoms with Crippen molar-refractivity contribution in [1.82, 2.24) is 4.90 Å². The van der Waals surface area contributed by atoms with Gasteiger partial charge >= 0.3 is 0 Å². The van der Waals surface area contributed by atoms with E-state index in [1.807, 2.05) is 12.1 Å². The van der Waals surface area contributed by atoms with E-state index in [0.717, 1.165) is 5.69 Å². The first-order valence-corrected chi connectivity index (χ1v) is 7.97. The summed E-state index contributed by atoms with van der Waals surface area (Å²) in [5, 5.41) is 12.6. The molecule has 0 saturated heterocycles. The Morgan fingerprint density at radius 3 is 2.76 bits per heavy atom. The Hall–Kier alpha value is -1.10. The van der Waals surface area contributed by atoms with Crippen LogP contribution in [-0.4, -0.2) is 41.7 Å². The summed E-state index contributed by atoms with van der Waals surface area (Å²) in [6.07, 6.45) is 5.29. The summed E-state index contributed by atoms with van der Waals surface area (Å²) >= 11 is 5.90. The zero-order valence-electron chi connectivity index (χ0n) is 12.2. The lowest BCUT2D eigenvalue weighted by Crippen LogP contribution is -2.37. The number of hydrogen-bond acceptors (Lipinski definition) is 3. The molecule has 0 atom stereocenters. The van der Waals surface area contributed by atoms with Gasteiger partial charge in [-0.25, -0.2) is 0 Å². The van der Waals surface area contributed by atoms with Crippen molar-refractivity contribution < 1.29 is 9.90 Å². The Balaban J connectivity index is 1.81. The summed E-state index contributed by atoms with van der Waals surface area (Å²) in [5.74, 6) is -0.0156. The Labute approximate surface area is 131 Å². The molecule has 0 aliphatic heterocycles. The number of aliphatic hydroxyl groups excluding tert-OH is 1. The minimum Gasteiger partial charge on any atom is -0.395 e. The zero-order chi connectivity index (χ0) is 15.1. The lowest BCUT2D eigenvalue weighted by Gasteiger charge is -2.27. The first kappa shape index (κ1) is 16.3. The fourth-order valence-corrected chi connectivity index (χ4v) is 3.10. The lowest BCUT2D eigenvalue weighted by molar-refractivity contribution is -0.116. The summed E-state index contributed by atoms with van der Waals surface area (Å²) in [6, 6.07) is 7.68. The molecule has 21 heavy (non-hydrogen) atoms. The zero-order valence-corrected chi connectivity index (χ0v) is 13.0. The van der Waals surface area contributed by atoms with E-state index in [1.165, 1.54) is 25.7 Å². The number of halogens is 1. The molecule has 1 aromatic carbocycles. The largest absolute Gasteiger partial charge is 0.395 e. The van der Waals surface area contributed by atoms with Crippen LogP contribution in [0.25, 0.3) is 0 Å². The number of nitrogens with one attached hydrogen (secondary N) is 1. The Bertz CT molecular complexity index is 461. The van der Waals surface area contributed by atoms with Crippen LogP contribution >= 0.6 is 11.6 Å². The fraction of sp³-hybridized carbons (Fsp3) is 0.562. The van der Waals surface area contributed by atoms with Gasteiger partial charge in [0.05, 0.1) is 6.61 Å². The van der Waals surface area contributed by atoms with E-state index in [0.29, 0.717) is 30.6 Å². The number of carbonyl (C=O) groups excluding carboxylic acids is 1. The van der Waals surface area contributed by atoms with Gasteiger partial charge in [-0.05, 0) is 31.0 Å². The Kier molecular flexibility index (Phi) is 6.49. The van der Waals surface area contributed by atoms with Gasteiger partial charge in [0.1, 0.15) is 0 Å². The van der Waals surface area contributed by atoms with Gasteiger partial charge in [-0.1, -0.05) is 30.5 Å². The monoisotopic (exact) mass is 310 g/mol. The molecule has 2 N–H and O–H groups in total. The van der Waals surface area contributed by atoms with E-state index in [2.05, 4.69) is 10.2 Å². The van der Waals surface area contributed by atoms with Crippen LogP contribution in [0.4, 0.5) is 5.69 Å². The fourth-order valence-electron chi connectivity index (χ4n) is 2.91. The third-order valence-corrected chi connectivity index (χ3v) is 4.20. The van der Waals surface area contributed by atoms with Crippen molar-refractivity contribution in [3.8, 4) is 0 Å². The normalized spacial score (nSPS) is 15.6. The number of amides is 1. The van der Waals surface area contributed by atoms with Gasteiger partial charge in [0.2, 0.25) is 5.91 Å². The standard InChI is InChI=1S/C16H23ClN2O2/c17-13-4-3-5-14(12-13)18-16(21)8-9-19(10-11-20)15-6-1-2-7-15/h3-5,12,15,20H,1-2,6-11H2,(H,18,21). The van der Waals surface area contributed by atoms with Gasteiger partial charge in [-0.15, -0.1) is 0 Å². The van der Waals surface area contributed by atoms with Gasteiger partial charge < -0.3 is 10.4 Å². The summed E-state index contributed by atoms with van der Waals surface area (Å²) < 4.78 is 0. The van der Waals surface area contributed by atoms with E-state index >= 15 is 0 Å².